The lowest BCUT2D eigenvalue weighted by atomic mass is 10.2. The van der Waals surface area contributed by atoms with Crippen molar-refractivity contribution in [1.82, 2.24) is 15.5 Å². The van der Waals surface area contributed by atoms with Crippen LogP contribution < -0.4 is 10.6 Å². The van der Waals surface area contributed by atoms with E-state index < -0.39 is 0 Å². The Labute approximate surface area is 138 Å². The van der Waals surface area contributed by atoms with Gasteiger partial charge in [0.25, 0.3) is 0 Å². The summed E-state index contributed by atoms with van der Waals surface area (Å²) in [6.45, 7) is 16.2. The summed E-state index contributed by atoms with van der Waals surface area (Å²) in [4.78, 5) is 13.2. The van der Waals surface area contributed by atoms with Gasteiger partial charge in [0.2, 0.25) is 5.91 Å². The predicted molar refractivity (Wildman–Crippen MR) is 94.4 cm³/mol. The average molecular weight is 322 g/mol. The molecule has 1 aliphatic heterocycles. The summed E-state index contributed by atoms with van der Waals surface area (Å²) in [5.41, 5.74) is 0. The molecule has 0 saturated carbocycles. The van der Waals surface area contributed by atoms with E-state index in [-0.39, 0.29) is 14.9 Å². The lowest BCUT2D eigenvalue weighted by molar-refractivity contribution is -0.120. The minimum Gasteiger partial charge on any atom is -0.379 e. The molecule has 6 nitrogen and oxygen atoms in total. The van der Waals surface area contributed by atoms with Gasteiger partial charge in [0, 0.05) is 48.5 Å². The van der Waals surface area contributed by atoms with Gasteiger partial charge in [-0.2, -0.15) is 0 Å². The monoisotopic (exact) mass is 321 g/mol. The van der Waals surface area contributed by atoms with Gasteiger partial charge >= 0.3 is 0 Å². The molecule has 1 heterocycles. The van der Waals surface area contributed by atoms with Crippen LogP contribution in [0.25, 0.3) is 0 Å². The van der Waals surface area contributed by atoms with Gasteiger partial charge in [-0.05, 0) is 0 Å². The quantitative estimate of drug-likeness (QED) is 0.628. The van der Waals surface area contributed by atoms with Gasteiger partial charge < -0.3 is 20.1 Å². The Balaban J connectivity index is -0.00000106. The number of carbonyl (C=O) groups is 1. The molecular formula is C16H39N3O3. The first-order valence-corrected chi connectivity index (χ1v) is 8.47. The molecule has 0 radical (unpaired) electrons. The summed E-state index contributed by atoms with van der Waals surface area (Å²) in [5, 5.41) is 6.12. The average Bonchev–Trinajstić information content (AvgIpc) is 2.51. The fourth-order valence-electron chi connectivity index (χ4n) is 2.08. The summed E-state index contributed by atoms with van der Waals surface area (Å²) >= 11 is 0. The maximum atomic E-state index is 10.9. The highest BCUT2D eigenvalue weighted by Gasteiger charge is 2.20. The van der Waals surface area contributed by atoms with Gasteiger partial charge in [-0.25, -0.2) is 0 Å². The number of morpholine rings is 1. The summed E-state index contributed by atoms with van der Waals surface area (Å²) < 4.78 is 11.2. The Kier molecular flexibility index (Phi) is 13.5. The second-order valence-electron chi connectivity index (χ2n) is 5.45. The maximum absolute atomic E-state index is 10.9. The Morgan fingerprint density at radius 3 is 2.77 bits per heavy atom. The highest BCUT2D eigenvalue weighted by molar-refractivity contribution is 5.72. The Bertz CT molecular complexity index is 285. The van der Waals surface area contributed by atoms with Crippen LogP contribution >= 0.6 is 0 Å². The second-order valence-corrected chi connectivity index (χ2v) is 5.45. The van der Waals surface area contributed by atoms with Gasteiger partial charge in [0.05, 0.1) is 25.9 Å². The predicted octanol–water partition coefficient (Wildman–Crippen LogP) is 1.36. The van der Waals surface area contributed by atoms with E-state index in [1.54, 1.807) is 0 Å². The van der Waals surface area contributed by atoms with Gasteiger partial charge in [-0.1, -0.05) is 27.7 Å². The minimum atomic E-state index is -0.00768. The van der Waals surface area contributed by atoms with Crippen molar-refractivity contribution in [2.75, 3.05) is 52.5 Å². The molecule has 0 bridgehead atoms. The van der Waals surface area contributed by atoms with Crippen LogP contribution in [0, 0.1) is 0 Å². The van der Waals surface area contributed by atoms with E-state index in [9.17, 15) is 4.79 Å². The van der Waals surface area contributed by atoms with Crippen LogP contribution in [0.1, 0.15) is 37.5 Å². The van der Waals surface area contributed by atoms with E-state index in [1.807, 2.05) is 13.8 Å². The molecule has 0 aromatic rings. The molecule has 22 heavy (non-hydrogen) atoms. The molecule has 1 aliphatic rings. The first-order chi connectivity index (χ1) is 10.6. The van der Waals surface area contributed by atoms with Crippen molar-refractivity contribution >= 4 is 5.91 Å². The number of nitrogens with one attached hydrogen (secondary N) is 2. The zero-order valence-electron chi connectivity index (χ0n) is 15.0. The highest BCUT2D eigenvalue weighted by Crippen LogP contribution is 2.04. The molecule has 0 spiro atoms. The van der Waals surface area contributed by atoms with Crippen molar-refractivity contribution in [1.29, 1.82) is 0 Å². The molecule has 6 heteroatoms. The molecule has 0 aromatic heterocycles. The van der Waals surface area contributed by atoms with Crippen LogP contribution in [0.5, 0.6) is 0 Å². The summed E-state index contributed by atoms with van der Waals surface area (Å²) in [6, 6.07) is 0.507. The molecule has 1 atom stereocenters. The summed E-state index contributed by atoms with van der Waals surface area (Å²) in [5.74, 6) is -0.00768. The van der Waals surface area contributed by atoms with Crippen molar-refractivity contribution in [3.05, 3.63) is 0 Å². The zero-order chi connectivity index (χ0) is 16.8. The molecule has 0 aliphatic carbocycles. The molecule has 1 rings (SSSR count). The number of carbonyl (C=O) groups excluding carboxylic acids is 1. The van der Waals surface area contributed by atoms with Crippen molar-refractivity contribution < 1.29 is 17.1 Å². The summed E-state index contributed by atoms with van der Waals surface area (Å²) in [7, 11) is 0. The lowest BCUT2D eigenvalue weighted by Gasteiger charge is -2.32. The molecule has 1 unspecified atom stereocenters. The molecule has 1 saturated heterocycles. The molecule has 1 fully saturated rings. The fraction of sp³-hybridized carbons (Fsp3) is 0.938. The Morgan fingerprint density at radius 1 is 1.41 bits per heavy atom. The molecule has 0 aromatic carbocycles. The van der Waals surface area contributed by atoms with Crippen LogP contribution in [-0.2, 0) is 14.3 Å². The number of hydrogen-bond donors (Lipinski definition) is 2. The Hall–Kier alpha value is -0.690. The SMILES string of the molecule is CC.CC(=O)NCC1CN(CCOCCNC(C)C)CCO1.[HH].[HH]. The summed E-state index contributed by atoms with van der Waals surface area (Å²) in [6.07, 6.45) is 0.0928. The fourth-order valence-corrected chi connectivity index (χ4v) is 2.08. The normalized spacial score (nSPS) is 18.7. The number of rotatable bonds is 9. The smallest absolute Gasteiger partial charge is 0.216 e. The third kappa shape index (κ3) is 11.9. The van der Waals surface area contributed by atoms with Crippen LogP contribution in [0.15, 0.2) is 0 Å². The third-order valence-corrected chi connectivity index (χ3v) is 3.15. The van der Waals surface area contributed by atoms with E-state index in [0.717, 1.165) is 46.0 Å². The van der Waals surface area contributed by atoms with Crippen molar-refractivity contribution in [2.24, 2.45) is 0 Å². The third-order valence-electron chi connectivity index (χ3n) is 3.15. The number of ether oxygens (including phenoxy) is 2. The van der Waals surface area contributed by atoms with E-state index in [4.69, 9.17) is 9.47 Å². The van der Waals surface area contributed by atoms with E-state index >= 15 is 0 Å². The maximum Gasteiger partial charge on any atom is 0.216 e. The molecular weight excluding hydrogens is 282 g/mol. The van der Waals surface area contributed by atoms with Crippen molar-refractivity contribution in [2.45, 2.75) is 46.8 Å². The van der Waals surface area contributed by atoms with Crippen molar-refractivity contribution in [3.63, 3.8) is 0 Å². The number of nitrogens with zero attached hydrogens (tertiary/aromatic N) is 1. The lowest BCUT2D eigenvalue weighted by Crippen LogP contribution is -2.48. The molecule has 1 amide bonds. The van der Waals surface area contributed by atoms with Crippen LogP contribution in [0.3, 0.4) is 0 Å². The van der Waals surface area contributed by atoms with Gasteiger partial charge in [0.1, 0.15) is 0 Å². The topological polar surface area (TPSA) is 62.8 Å². The largest absolute Gasteiger partial charge is 0.379 e. The zero-order valence-corrected chi connectivity index (χ0v) is 15.0. The van der Waals surface area contributed by atoms with Gasteiger partial charge in [-0.15, -0.1) is 0 Å². The van der Waals surface area contributed by atoms with Gasteiger partial charge in [-0.3, -0.25) is 9.69 Å². The second kappa shape index (κ2) is 13.9. The van der Waals surface area contributed by atoms with Crippen LogP contribution in [0.2, 0.25) is 0 Å². The standard InChI is InChI=1S/C14H29N3O3.C2H6.2H2/c1-12(2)15-4-7-19-8-5-17-6-9-20-14(11-17)10-16-13(3)18;1-2;;/h12,14-15H,4-11H2,1-3H3,(H,16,18);1-2H3;2*1H. The highest BCUT2D eigenvalue weighted by atomic mass is 16.5. The van der Waals surface area contributed by atoms with E-state index in [0.29, 0.717) is 12.6 Å². The first-order valence-electron chi connectivity index (χ1n) is 8.47. The molecule has 2 N–H and O–H groups in total. The first kappa shape index (κ1) is 21.3. The number of amides is 1. The van der Waals surface area contributed by atoms with Crippen LogP contribution in [0.4, 0.5) is 0 Å². The van der Waals surface area contributed by atoms with E-state index in [2.05, 4.69) is 29.4 Å². The van der Waals surface area contributed by atoms with Crippen LogP contribution in [-0.4, -0.2) is 75.5 Å². The molecule has 136 valence electrons. The minimum absolute atomic E-state index is 0. The number of hydrogen-bond acceptors (Lipinski definition) is 5. The van der Waals surface area contributed by atoms with Gasteiger partial charge in [0.15, 0.2) is 0 Å². The van der Waals surface area contributed by atoms with Crippen molar-refractivity contribution in [3.8, 4) is 0 Å². The van der Waals surface area contributed by atoms with E-state index in [1.165, 1.54) is 6.92 Å². The Morgan fingerprint density at radius 2 is 2.14 bits per heavy atom.